The molecule has 0 bridgehead atoms. The molecule has 0 N–H and O–H groups in total. The van der Waals surface area contributed by atoms with Crippen molar-refractivity contribution >= 4 is 16.9 Å². The van der Waals surface area contributed by atoms with E-state index < -0.39 is 23.0 Å². The molecule has 0 aliphatic heterocycles. The summed E-state index contributed by atoms with van der Waals surface area (Å²) in [5.41, 5.74) is 0.953. The van der Waals surface area contributed by atoms with Gasteiger partial charge in [-0.3, -0.25) is 22.9 Å². The van der Waals surface area contributed by atoms with Crippen LogP contribution in [0.3, 0.4) is 0 Å². The van der Waals surface area contributed by atoms with Crippen LogP contribution in [0, 0.1) is 6.92 Å². The summed E-state index contributed by atoms with van der Waals surface area (Å²) in [5, 5.41) is 0. The third-order valence-corrected chi connectivity index (χ3v) is 5.74. The Labute approximate surface area is 184 Å². The number of rotatable bonds is 2. The summed E-state index contributed by atoms with van der Waals surface area (Å²) in [6.45, 7) is 1.93. The summed E-state index contributed by atoms with van der Waals surface area (Å²) in [6.07, 6.45) is -2.87. The Hall–Kier alpha value is -4.08. The Bertz CT molecular complexity index is 1670. The van der Waals surface area contributed by atoms with Gasteiger partial charge in [0.2, 0.25) is 5.78 Å². The van der Waals surface area contributed by atoms with Gasteiger partial charge in [-0.05, 0) is 25.1 Å². The van der Waals surface area contributed by atoms with Gasteiger partial charge in [0.25, 0.3) is 5.56 Å². The molecule has 168 valence electrons. The molecule has 5 aromatic rings. The fourth-order valence-electron chi connectivity index (χ4n) is 3.97. The van der Waals surface area contributed by atoms with Gasteiger partial charge >= 0.3 is 11.9 Å². The number of aromatic nitrogens is 5. The van der Waals surface area contributed by atoms with Gasteiger partial charge in [0.15, 0.2) is 11.2 Å². The van der Waals surface area contributed by atoms with E-state index in [4.69, 9.17) is 0 Å². The van der Waals surface area contributed by atoms with Crippen LogP contribution < -0.4 is 11.2 Å². The van der Waals surface area contributed by atoms with Gasteiger partial charge < -0.3 is 0 Å². The lowest BCUT2D eigenvalue weighted by atomic mass is 10.1. The Morgan fingerprint density at radius 2 is 1.64 bits per heavy atom. The number of benzene rings is 2. The number of imidazole rings is 2. The van der Waals surface area contributed by atoms with Crippen LogP contribution in [0.25, 0.3) is 33.9 Å². The van der Waals surface area contributed by atoms with Crippen molar-refractivity contribution in [2.75, 3.05) is 0 Å². The SMILES string of the molecule is Cc1ccc(-c2cn3c4c(=O)n(C)c(=O)n(C)c4nc3n2-c2cccc(C(F)(F)F)c2)cc1. The second kappa shape index (κ2) is 6.96. The number of halogens is 3. The number of hydrogen-bond acceptors (Lipinski definition) is 3. The highest BCUT2D eigenvalue weighted by atomic mass is 19.4. The molecule has 3 aromatic heterocycles. The number of nitrogens with zero attached hydrogens (tertiary/aromatic N) is 5. The first-order valence-corrected chi connectivity index (χ1v) is 10.0. The van der Waals surface area contributed by atoms with Gasteiger partial charge in [-0.25, -0.2) is 4.79 Å². The highest BCUT2D eigenvalue weighted by Crippen LogP contribution is 2.33. The second-order valence-corrected chi connectivity index (χ2v) is 7.92. The quantitative estimate of drug-likeness (QED) is 0.410. The molecule has 0 unspecified atom stereocenters. The van der Waals surface area contributed by atoms with E-state index in [1.54, 1.807) is 16.8 Å². The van der Waals surface area contributed by atoms with Crippen molar-refractivity contribution in [3.8, 4) is 16.9 Å². The summed E-state index contributed by atoms with van der Waals surface area (Å²) < 4.78 is 45.6. The third kappa shape index (κ3) is 3.09. The zero-order valence-corrected chi connectivity index (χ0v) is 17.9. The smallest absolute Gasteiger partial charge is 0.279 e. The maximum Gasteiger partial charge on any atom is 0.416 e. The minimum absolute atomic E-state index is 0.147. The van der Waals surface area contributed by atoms with Crippen molar-refractivity contribution in [2.24, 2.45) is 14.1 Å². The van der Waals surface area contributed by atoms with Gasteiger partial charge in [0.05, 0.1) is 11.3 Å². The lowest BCUT2D eigenvalue weighted by Crippen LogP contribution is -2.37. The third-order valence-electron chi connectivity index (χ3n) is 5.74. The van der Waals surface area contributed by atoms with E-state index in [2.05, 4.69) is 4.98 Å². The van der Waals surface area contributed by atoms with E-state index in [9.17, 15) is 22.8 Å². The van der Waals surface area contributed by atoms with Crippen LogP contribution >= 0.6 is 0 Å². The molecule has 0 radical (unpaired) electrons. The van der Waals surface area contributed by atoms with E-state index in [-0.39, 0.29) is 22.6 Å². The molecule has 0 aliphatic rings. The van der Waals surface area contributed by atoms with Crippen molar-refractivity contribution < 1.29 is 13.2 Å². The van der Waals surface area contributed by atoms with Crippen LogP contribution in [0.4, 0.5) is 13.2 Å². The fraction of sp³-hybridized carbons (Fsp3) is 0.174. The minimum Gasteiger partial charge on any atom is -0.279 e. The molecular weight excluding hydrogens is 435 g/mol. The van der Waals surface area contributed by atoms with Crippen molar-refractivity contribution in [2.45, 2.75) is 13.1 Å². The average molecular weight is 453 g/mol. The van der Waals surface area contributed by atoms with Crippen molar-refractivity contribution in [3.63, 3.8) is 0 Å². The van der Waals surface area contributed by atoms with Crippen molar-refractivity contribution in [3.05, 3.63) is 86.7 Å². The maximum absolute atomic E-state index is 13.4. The van der Waals surface area contributed by atoms with Gasteiger partial charge in [0, 0.05) is 31.5 Å². The Balaban J connectivity index is 1.94. The number of fused-ring (bicyclic) bond motifs is 3. The van der Waals surface area contributed by atoms with Crippen LogP contribution in [0.1, 0.15) is 11.1 Å². The first-order chi connectivity index (χ1) is 15.6. The highest BCUT2D eigenvalue weighted by molar-refractivity contribution is 5.79. The summed E-state index contributed by atoms with van der Waals surface area (Å²) >= 11 is 0. The Kier molecular flexibility index (Phi) is 4.39. The standard InChI is InChI=1S/C23H18F3N5O2/c1-13-7-9-14(10-8-13)17-12-30-18-19(28(2)22(33)29(3)20(18)32)27-21(30)31(17)16-6-4-5-15(11-16)23(24,25)26/h4-12H,1-3H3. The van der Waals surface area contributed by atoms with Crippen LogP contribution in [0.2, 0.25) is 0 Å². The first-order valence-electron chi connectivity index (χ1n) is 10.0. The molecule has 10 heteroatoms. The van der Waals surface area contributed by atoms with Crippen LogP contribution in [-0.2, 0) is 20.3 Å². The van der Waals surface area contributed by atoms with Gasteiger partial charge in [-0.15, -0.1) is 0 Å². The first kappa shape index (κ1) is 20.8. The molecule has 7 nitrogen and oxygen atoms in total. The van der Waals surface area contributed by atoms with Crippen molar-refractivity contribution in [1.29, 1.82) is 0 Å². The number of alkyl halides is 3. The number of hydrogen-bond donors (Lipinski definition) is 0. The van der Waals surface area contributed by atoms with Crippen LogP contribution in [-0.4, -0.2) is 23.1 Å². The molecule has 0 saturated heterocycles. The molecule has 0 aliphatic carbocycles. The van der Waals surface area contributed by atoms with E-state index in [0.717, 1.165) is 27.8 Å². The fourth-order valence-corrected chi connectivity index (χ4v) is 3.97. The molecular formula is C23H18F3N5O2. The predicted molar refractivity (Wildman–Crippen MR) is 118 cm³/mol. The zero-order chi connectivity index (χ0) is 23.7. The van der Waals surface area contributed by atoms with Crippen LogP contribution in [0.15, 0.2) is 64.3 Å². The summed E-state index contributed by atoms with van der Waals surface area (Å²) in [5.74, 6) is 0.221. The molecule has 3 heterocycles. The normalized spacial score (nSPS) is 12.2. The minimum atomic E-state index is -4.52. The van der Waals surface area contributed by atoms with E-state index in [1.807, 2.05) is 31.2 Å². The van der Waals surface area contributed by atoms with E-state index in [0.29, 0.717) is 5.69 Å². The molecule has 0 saturated carbocycles. The monoisotopic (exact) mass is 453 g/mol. The lowest BCUT2D eigenvalue weighted by molar-refractivity contribution is -0.137. The summed E-state index contributed by atoms with van der Waals surface area (Å²) in [6, 6.07) is 12.4. The second-order valence-electron chi connectivity index (χ2n) is 7.92. The number of aryl methyl sites for hydroxylation is 2. The highest BCUT2D eigenvalue weighted by Gasteiger charge is 2.31. The molecule has 2 aromatic carbocycles. The summed E-state index contributed by atoms with van der Waals surface area (Å²) in [4.78, 5) is 29.8. The summed E-state index contributed by atoms with van der Waals surface area (Å²) in [7, 11) is 2.86. The Morgan fingerprint density at radius 3 is 2.30 bits per heavy atom. The van der Waals surface area contributed by atoms with Gasteiger partial charge in [-0.2, -0.15) is 18.2 Å². The molecule has 5 rings (SSSR count). The zero-order valence-electron chi connectivity index (χ0n) is 17.9. The van der Waals surface area contributed by atoms with Crippen LogP contribution in [0.5, 0.6) is 0 Å². The molecule has 33 heavy (non-hydrogen) atoms. The van der Waals surface area contributed by atoms with E-state index >= 15 is 0 Å². The lowest BCUT2D eigenvalue weighted by Gasteiger charge is -2.12. The van der Waals surface area contributed by atoms with E-state index in [1.165, 1.54) is 29.1 Å². The average Bonchev–Trinajstić information content (AvgIpc) is 3.32. The maximum atomic E-state index is 13.4. The topological polar surface area (TPSA) is 66.2 Å². The van der Waals surface area contributed by atoms with Crippen molar-refractivity contribution in [1.82, 2.24) is 23.1 Å². The molecule has 0 fully saturated rings. The molecule has 0 amide bonds. The van der Waals surface area contributed by atoms with Gasteiger partial charge in [0.1, 0.15) is 0 Å². The largest absolute Gasteiger partial charge is 0.416 e. The predicted octanol–water partition coefficient (Wildman–Crippen LogP) is 3.67. The molecule has 0 atom stereocenters. The van der Waals surface area contributed by atoms with Gasteiger partial charge in [-0.1, -0.05) is 35.9 Å². The molecule has 0 spiro atoms. The Morgan fingerprint density at radius 1 is 0.939 bits per heavy atom.